The number of benzene rings is 1. The van der Waals surface area contributed by atoms with Crippen LogP contribution in [0.4, 0.5) is 15.9 Å². The molecule has 0 atom stereocenters. The molecular weight excluding hydrogens is 464 g/mol. The first-order chi connectivity index (χ1) is 15.6. The summed E-state index contributed by atoms with van der Waals surface area (Å²) in [7, 11) is 2.67. The van der Waals surface area contributed by atoms with Gasteiger partial charge in [0.25, 0.3) is 11.8 Å². The van der Waals surface area contributed by atoms with Crippen LogP contribution in [0.5, 0.6) is 0 Å². The summed E-state index contributed by atoms with van der Waals surface area (Å²) in [5, 5.41) is 24.7. The van der Waals surface area contributed by atoms with E-state index in [1.807, 2.05) is 0 Å². The highest BCUT2D eigenvalue weighted by Gasteiger charge is 2.64. The molecule has 2 amide bonds. The summed E-state index contributed by atoms with van der Waals surface area (Å²) < 4.78 is 16.7. The van der Waals surface area contributed by atoms with Crippen LogP contribution in [0.2, 0.25) is 5.02 Å². The third-order valence-corrected chi connectivity index (χ3v) is 6.60. The van der Waals surface area contributed by atoms with E-state index >= 15 is 4.39 Å². The normalized spacial score (nSPS) is 19.0. The first-order valence-electron chi connectivity index (χ1n) is 10.3. The van der Waals surface area contributed by atoms with Crippen LogP contribution in [0.25, 0.3) is 16.8 Å². The number of rotatable bonds is 2. The maximum absolute atomic E-state index is 15.2. The lowest BCUT2D eigenvalue weighted by atomic mass is 9.55. The Morgan fingerprint density at radius 3 is 2.50 bits per heavy atom. The van der Waals surface area contributed by atoms with Crippen LogP contribution in [0.3, 0.4) is 0 Å². The van der Waals surface area contributed by atoms with Gasteiger partial charge in [0, 0.05) is 12.5 Å². The second kappa shape index (κ2) is 7.42. The van der Waals surface area contributed by atoms with Crippen molar-refractivity contribution < 1.29 is 24.2 Å². The van der Waals surface area contributed by atoms with E-state index in [0.29, 0.717) is 21.7 Å². The number of amides is 2. The van der Waals surface area contributed by atoms with Crippen LogP contribution in [0.15, 0.2) is 30.6 Å². The first-order valence-corrected chi connectivity index (χ1v) is 10.7. The predicted molar refractivity (Wildman–Crippen MR) is 129 cm³/mol. The second-order valence-corrected chi connectivity index (χ2v) is 9.61. The van der Waals surface area contributed by atoms with Crippen LogP contribution in [0, 0.1) is 5.82 Å². The minimum absolute atomic E-state index is 0.150. The van der Waals surface area contributed by atoms with Gasteiger partial charge in [-0.25, -0.2) is 13.9 Å². The lowest BCUT2D eigenvalue weighted by molar-refractivity contribution is -0.290. The van der Waals surface area contributed by atoms with Gasteiger partial charge in [-0.15, -0.1) is 0 Å². The van der Waals surface area contributed by atoms with Gasteiger partial charge in [-0.2, -0.15) is 5.10 Å². The highest BCUT2D eigenvalue weighted by atomic mass is 35.5. The predicted octanol–water partition coefficient (Wildman–Crippen LogP) is -0.697. The van der Waals surface area contributed by atoms with Crippen molar-refractivity contribution in [2.24, 2.45) is 0 Å². The molecule has 0 spiro atoms. The monoisotopic (exact) mass is 486 g/mol. The molecule has 3 heterocycles. The van der Waals surface area contributed by atoms with Crippen molar-refractivity contribution in [3.05, 3.63) is 41.4 Å². The minimum atomic E-state index is -2.81. The minimum Gasteiger partial charge on any atom is -0.382 e. The van der Waals surface area contributed by atoms with Crippen LogP contribution in [-0.2, 0) is 9.59 Å². The molecule has 34 heavy (non-hydrogen) atoms. The number of carbonyl (C=O) groups is 2. The summed E-state index contributed by atoms with van der Waals surface area (Å²) in [6.45, 7) is 3.85. The van der Waals surface area contributed by atoms with Gasteiger partial charge in [0.05, 0.1) is 21.7 Å². The molecule has 0 aliphatic carbocycles. The zero-order chi connectivity index (χ0) is 25.4. The first kappa shape index (κ1) is 24.0. The number of piperazine rings is 1. The smallest absolute Gasteiger partial charge is 0.258 e. The van der Waals surface area contributed by atoms with E-state index in [-0.39, 0.29) is 16.5 Å². The molecule has 4 N–H and O–H groups in total. The molecule has 10 nitrogen and oxygen atoms in total. The molecule has 176 valence electrons. The van der Waals surface area contributed by atoms with Gasteiger partial charge in [-0.3, -0.25) is 14.5 Å². The lowest BCUT2D eigenvalue weighted by Gasteiger charge is -2.60. The van der Waals surface area contributed by atoms with E-state index in [9.17, 15) is 19.8 Å². The van der Waals surface area contributed by atoms with Crippen molar-refractivity contribution in [1.82, 2.24) is 19.5 Å². The number of halogens is 2. The molecule has 4 rings (SSSR count). The highest BCUT2D eigenvalue weighted by molar-refractivity contribution is 6.45. The van der Waals surface area contributed by atoms with E-state index in [1.54, 1.807) is 6.07 Å². The largest absolute Gasteiger partial charge is 0.382 e. The number of nitrogens with two attached hydrogens (primary N) is 1. The SMILES string of the molecule is BC1(B)N(c2cc(-c3cc(Cl)c4c(N)ncnn34)ccc2F)C(=O)C(C)(C)N(C(C)=O)C1(O)O. The van der Waals surface area contributed by atoms with Crippen LogP contribution < -0.4 is 10.6 Å². The molecule has 14 heteroatoms. The molecule has 0 radical (unpaired) electrons. The van der Waals surface area contributed by atoms with Crippen LogP contribution >= 0.6 is 11.6 Å². The lowest BCUT2D eigenvalue weighted by Crippen LogP contribution is -2.85. The quantitative estimate of drug-likeness (QED) is 0.322. The average molecular weight is 487 g/mol. The molecule has 1 fully saturated rings. The Morgan fingerprint density at radius 1 is 1.24 bits per heavy atom. The van der Waals surface area contributed by atoms with E-state index in [2.05, 4.69) is 10.1 Å². The molecule has 1 aromatic carbocycles. The summed E-state index contributed by atoms with van der Waals surface area (Å²) in [6, 6.07) is 5.56. The van der Waals surface area contributed by atoms with Crippen molar-refractivity contribution >= 4 is 56.1 Å². The summed E-state index contributed by atoms with van der Waals surface area (Å²) in [5.41, 5.74) is 5.23. The van der Waals surface area contributed by atoms with Crippen molar-refractivity contribution in [3.63, 3.8) is 0 Å². The molecule has 0 unspecified atom stereocenters. The van der Waals surface area contributed by atoms with Crippen LogP contribution in [-0.4, -0.2) is 74.0 Å². The average Bonchev–Trinajstić information content (AvgIpc) is 3.05. The second-order valence-electron chi connectivity index (χ2n) is 9.20. The topological polar surface area (TPSA) is 137 Å². The Morgan fingerprint density at radius 2 is 1.88 bits per heavy atom. The van der Waals surface area contributed by atoms with E-state index in [0.717, 1.165) is 17.9 Å². The van der Waals surface area contributed by atoms with Crippen molar-refractivity contribution in [2.45, 2.75) is 37.6 Å². The Hall–Kier alpha value is -3.15. The number of nitrogen functional groups attached to an aromatic ring is 1. The third kappa shape index (κ3) is 3.11. The summed E-state index contributed by atoms with van der Waals surface area (Å²) in [6.07, 6.45) is 1.24. The zero-order valence-electron chi connectivity index (χ0n) is 19.2. The third-order valence-electron chi connectivity index (χ3n) is 6.31. The number of aliphatic hydroxyl groups is 2. The van der Waals surface area contributed by atoms with E-state index in [1.165, 1.54) is 52.5 Å². The number of anilines is 2. The number of aromatic nitrogens is 3. The van der Waals surface area contributed by atoms with Gasteiger partial charge in [0.1, 0.15) is 38.9 Å². The Bertz CT molecular complexity index is 1360. The van der Waals surface area contributed by atoms with Gasteiger partial charge in [-0.1, -0.05) is 11.6 Å². The molecule has 0 bridgehead atoms. The fourth-order valence-electron chi connectivity index (χ4n) is 4.53. The van der Waals surface area contributed by atoms with Gasteiger partial charge in [-0.05, 0) is 38.1 Å². The Balaban J connectivity index is 1.94. The van der Waals surface area contributed by atoms with Gasteiger partial charge >= 0.3 is 0 Å². The Kier molecular flexibility index (Phi) is 5.24. The Labute approximate surface area is 200 Å². The van der Waals surface area contributed by atoms with Crippen molar-refractivity contribution in [2.75, 3.05) is 10.6 Å². The zero-order valence-corrected chi connectivity index (χ0v) is 19.9. The summed E-state index contributed by atoms with van der Waals surface area (Å²) in [4.78, 5) is 31.5. The molecule has 2 aromatic heterocycles. The van der Waals surface area contributed by atoms with E-state index in [4.69, 9.17) is 17.3 Å². The number of hydrogen-bond acceptors (Lipinski definition) is 7. The number of carbonyl (C=O) groups excluding carboxylic acids is 2. The number of fused-ring (bicyclic) bond motifs is 1. The van der Waals surface area contributed by atoms with Gasteiger partial charge < -0.3 is 20.8 Å². The molecule has 1 aliphatic heterocycles. The number of nitrogens with zero attached hydrogens (tertiary/aromatic N) is 5. The summed E-state index contributed by atoms with van der Waals surface area (Å²) >= 11 is 6.32. The molecular formula is C20H22B2ClFN6O4. The van der Waals surface area contributed by atoms with Crippen LogP contribution in [0.1, 0.15) is 20.8 Å². The van der Waals surface area contributed by atoms with E-state index < -0.39 is 34.4 Å². The summed E-state index contributed by atoms with van der Waals surface area (Å²) in [5.74, 6) is -4.87. The fraction of sp³-hybridized carbons (Fsp3) is 0.300. The van der Waals surface area contributed by atoms with Crippen molar-refractivity contribution in [1.29, 1.82) is 0 Å². The fourth-order valence-corrected chi connectivity index (χ4v) is 4.81. The maximum Gasteiger partial charge on any atom is 0.258 e. The van der Waals surface area contributed by atoms with Crippen molar-refractivity contribution in [3.8, 4) is 11.3 Å². The maximum atomic E-state index is 15.2. The highest BCUT2D eigenvalue weighted by Crippen LogP contribution is 2.43. The number of hydrogen-bond donors (Lipinski definition) is 3. The molecule has 3 aromatic rings. The standard InChI is InChI=1S/C20H22B2ClFN6O4/c1-9(31)30-18(2,3)17(32)28(19(21,22)20(30,33)34)14-6-10(4-5-12(14)24)13-7-11(23)15-16(25)26-8-27-29(13)15/h4-8,33-34H,21-22H2,1-3H3,(H2,25,26,27). The molecule has 0 saturated carbocycles. The molecule has 1 aliphatic rings. The molecule has 1 saturated heterocycles. The van der Waals surface area contributed by atoms with Gasteiger partial charge in [0.15, 0.2) is 5.82 Å². The van der Waals surface area contributed by atoms with Gasteiger partial charge in [0.2, 0.25) is 5.91 Å².